The molecular formula is C11H15Cl2NO2. The van der Waals surface area contributed by atoms with Gasteiger partial charge in [0.1, 0.15) is 0 Å². The van der Waals surface area contributed by atoms with Gasteiger partial charge in [0.05, 0.1) is 23.3 Å². The maximum absolute atomic E-state index is 9.09. The van der Waals surface area contributed by atoms with Crippen LogP contribution in [-0.2, 0) is 6.54 Å². The lowest BCUT2D eigenvalue weighted by atomic mass is 10.2. The number of hydrogen-bond donors (Lipinski definition) is 2. The van der Waals surface area contributed by atoms with E-state index in [4.69, 9.17) is 33.0 Å². The fourth-order valence-electron chi connectivity index (χ4n) is 1.33. The highest BCUT2D eigenvalue weighted by atomic mass is 35.5. The van der Waals surface area contributed by atoms with Crippen LogP contribution < -0.4 is 10.1 Å². The average Bonchev–Trinajstić information content (AvgIpc) is 2.16. The Morgan fingerprint density at radius 2 is 1.94 bits per heavy atom. The van der Waals surface area contributed by atoms with Gasteiger partial charge in [0.15, 0.2) is 5.75 Å². The summed E-state index contributed by atoms with van der Waals surface area (Å²) < 4.78 is 5.05. The number of aliphatic hydroxyl groups is 1. The summed E-state index contributed by atoms with van der Waals surface area (Å²) in [4.78, 5) is 0. The minimum atomic E-state index is -0.371. The van der Waals surface area contributed by atoms with Crippen molar-refractivity contribution in [3.8, 4) is 5.75 Å². The molecule has 0 aromatic heterocycles. The minimum absolute atomic E-state index is 0.371. The van der Waals surface area contributed by atoms with Crippen LogP contribution in [0.5, 0.6) is 5.75 Å². The SMILES string of the molecule is COc1c(Cl)cc(CNCC(C)O)cc1Cl. The highest BCUT2D eigenvalue weighted by Gasteiger charge is 2.08. The van der Waals surface area contributed by atoms with Crippen molar-refractivity contribution in [2.24, 2.45) is 0 Å². The molecule has 0 fully saturated rings. The lowest BCUT2D eigenvalue weighted by molar-refractivity contribution is 0.191. The molecule has 0 radical (unpaired) electrons. The Morgan fingerprint density at radius 3 is 2.38 bits per heavy atom. The van der Waals surface area contributed by atoms with E-state index in [2.05, 4.69) is 5.32 Å². The van der Waals surface area contributed by atoms with Gasteiger partial charge in [-0.25, -0.2) is 0 Å². The maximum Gasteiger partial charge on any atom is 0.156 e. The van der Waals surface area contributed by atoms with Gasteiger partial charge in [-0.15, -0.1) is 0 Å². The van der Waals surface area contributed by atoms with Gasteiger partial charge in [-0.1, -0.05) is 23.2 Å². The van der Waals surface area contributed by atoms with E-state index in [1.54, 1.807) is 19.1 Å². The number of nitrogens with one attached hydrogen (secondary N) is 1. The van der Waals surface area contributed by atoms with E-state index in [0.29, 0.717) is 28.9 Å². The second kappa shape index (κ2) is 6.30. The summed E-state index contributed by atoms with van der Waals surface area (Å²) >= 11 is 12.0. The Balaban J connectivity index is 2.68. The number of hydrogen-bond acceptors (Lipinski definition) is 3. The zero-order valence-electron chi connectivity index (χ0n) is 9.26. The molecule has 0 aliphatic rings. The van der Waals surface area contributed by atoms with E-state index in [-0.39, 0.29) is 6.10 Å². The van der Waals surface area contributed by atoms with Gasteiger partial charge in [-0.3, -0.25) is 0 Å². The molecular weight excluding hydrogens is 249 g/mol. The van der Waals surface area contributed by atoms with Crippen LogP contribution in [0.2, 0.25) is 10.0 Å². The van der Waals surface area contributed by atoms with E-state index >= 15 is 0 Å². The molecule has 0 heterocycles. The molecule has 0 aliphatic heterocycles. The second-order valence-electron chi connectivity index (χ2n) is 3.57. The van der Waals surface area contributed by atoms with Gasteiger partial charge in [0.25, 0.3) is 0 Å². The molecule has 2 N–H and O–H groups in total. The molecule has 3 nitrogen and oxygen atoms in total. The monoisotopic (exact) mass is 263 g/mol. The predicted molar refractivity (Wildman–Crippen MR) is 66.4 cm³/mol. The van der Waals surface area contributed by atoms with E-state index in [1.165, 1.54) is 7.11 Å². The Bertz CT molecular complexity index is 333. The fourth-order valence-corrected chi connectivity index (χ4v) is 2.02. The molecule has 1 atom stereocenters. The lowest BCUT2D eigenvalue weighted by Crippen LogP contribution is -2.23. The summed E-state index contributed by atoms with van der Waals surface area (Å²) in [5.74, 6) is 0.489. The minimum Gasteiger partial charge on any atom is -0.494 e. The van der Waals surface area contributed by atoms with Crippen molar-refractivity contribution < 1.29 is 9.84 Å². The first-order valence-corrected chi connectivity index (χ1v) is 5.71. The standard InChI is InChI=1S/C11H15Cl2NO2/c1-7(15)5-14-6-8-3-9(12)11(16-2)10(13)4-8/h3-4,7,14-15H,5-6H2,1-2H3. The van der Waals surface area contributed by atoms with Crippen LogP contribution >= 0.6 is 23.2 Å². The van der Waals surface area contributed by atoms with Crippen molar-refractivity contribution in [2.75, 3.05) is 13.7 Å². The first kappa shape index (κ1) is 13.6. The predicted octanol–water partition coefficient (Wildman–Crippen LogP) is 2.47. The van der Waals surface area contributed by atoms with Crippen molar-refractivity contribution in [1.82, 2.24) is 5.32 Å². The number of benzene rings is 1. The number of methoxy groups -OCH3 is 1. The van der Waals surface area contributed by atoms with Crippen molar-refractivity contribution in [2.45, 2.75) is 19.6 Å². The Hall–Kier alpha value is -0.480. The molecule has 90 valence electrons. The fraction of sp³-hybridized carbons (Fsp3) is 0.455. The molecule has 1 rings (SSSR count). The zero-order chi connectivity index (χ0) is 12.1. The summed E-state index contributed by atoms with van der Waals surface area (Å²) in [5, 5.41) is 13.2. The molecule has 0 aliphatic carbocycles. The Kier molecular flexibility index (Phi) is 5.35. The normalized spacial score (nSPS) is 12.6. The maximum atomic E-state index is 9.09. The summed E-state index contributed by atoms with van der Waals surface area (Å²) in [6.07, 6.45) is -0.371. The van der Waals surface area contributed by atoms with Crippen molar-refractivity contribution in [3.63, 3.8) is 0 Å². The van der Waals surface area contributed by atoms with E-state index in [9.17, 15) is 0 Å². The van der Waals surface area contributed by atoms with Crippen LogP contribution in [0.1, 0.15) is 12.5 Å². The topological polar surface area (TPSA) is 41.5 Å². The number of ether oxygens (including phenoxy) is 1. The van der Waals surface area contributed by atoms with Crippen LogP contribution in [-0.4, -0.2) is 24.9 Å². The van der Waals surface area contributed by atoms with Crippen LogP contribution in [0.4, 0.5) is 0 Å². The second-order valence-corrected chi connectivity index (χ2v) is 4.39. The van der Waals surface area contributed by atoms with Crippen LogP contribution in [0, 0.1) is 0 Å². The van der Waals surface area contributed by atoms with E-state index in [0.717, 1.165) is 5.56 Å². The molecule has 0 saturated heterocycles. The molecule has 0 bridgehead atoms. The van der Waals surface area contributed by atoms with Gasteiger partial charge >= 0.3 is 0 Å². The van der Waals surface area contributed by atoms with Crippen LogP contribution in [0.3, 0.4) is 0 Å². The van der Waals surface area contributed by atoms with E-state index < -0.39 is 0 Å². The average molecular weight is 264 g/mol. The molecule has 1 aromatic rings. The summed E-state index contributed by atoms with van der Waals surface area (Å²) in [6, 6.07) is 3.59. The third-order valence-electron chi connectivity index (χ3n) is 2.03. The van der Waals surface area contributed by atoms with Gasteiger partial charge in [-0.2, -0.15) is 0 Å². The van der Waals surface area contributed by atoms with E-state index in [1.807, 2.05) is 0 Å². The van der Waals surface area contributed by atoms with Crippen molar-refractivity contribution in [1.29, 1.82) is 0 Å². The summed E-state index contributed by atoms with van der Waals surface area (Å²) in [5.41, 5.74) is 0.955. The quantitative estimate of drug-likeness (QED) is 0.858. The summed E-state index contributed by atoms with van der Waals surface area (Å²) in [6.45, 7) is 2.86. The number of aliphatic hydroxyl groups excluding tert-OH is 1. The Morgan fingerprint density at radius 1 is 1.38 bits per heavy atom. The largest absolute Gasteiger partial charge is 0.494 e. The molecule has 1 aromatic carbocycles. The molecule has 1 unspecified atom stereocenters. The lowest BCUT2D eigenvalue weighted by Gasteiger charge is -2.10. The number of rotatable bonds is 5. The molecule has 0 saturated carbocycles. The Labute approximate surface area is 105 Å². The summed E-state index contributed by atoms with van der Waals surface area (Å²) in [7, 11) is 1.53. The number of halogens is 2. The van der Waals surface area contributed by atoms with Crippen molar-refractivity contribution >= 4 is 23.2 Å². The van der Waals surface area contributed by atoms with Crippen LogP contribution in [0.25, 0.3) is 0 Å². The van der Waals surface area contributed by atoms with Gasteiger partial charge in [-0.05, 0) is 24.6 Å². The molecule has 0 spiro atoms. The smallest absolute Gasteiger partial charge is 0.156 e. The molecule has 5 heteroatoms. The molecule has 16 heavy (non-hydrogen) atoms. The van der Waals surface area contributed by atoms with Crippen LogP contribution in [0.15, 0.2) is 12.1 Å². The first-order valence-electron chi connectivity index (χ1n) is 4.95. The van der Waals surface area contributed by atoms with Gasteiger partial charge < -0.3 is 15.2 Å². The first-order chi connectivity index (χ1) is 7.54. The van der Waals surface area contributed by atoms with Crippen molar-refractivity contribution in [3.05, 3.63) is 27.7 Å². The highest BCUT2D eigenvalue weighted by Crippen LogP contribution is 2.33. The van der Waals surface area contributed by atoms with Gasteiger partial charge in [0, 0.05) is 13.1 Å². The third kappa shape index (κ3) is 3.83. The zero-order valence-corrected chi connectivity index (χ0v) is 10.8. The highest BCUT2D eigenvalue weighted by molar-refractivity contribution is 6.37. The third-order valence-corrected chi connectivity index (χ3v) is 2.59. The van der Waals surface area contributed by atoms with Gasteiger partial charge in [0.2, 0.25) is 0 Å². The molecule has 0 amide bonds.